The fraction of sp³-hybridized carbons (Fsp3) is 0.500. The molecule has 30 heavy (non-hydrogen) atoms. The maximum atomic E-state index is 12.4. The lowest BCUT2D eigenvalue weighted by Gasteiger charge is -2.33. The van der Waals surface area contributed by atoms with Crippen molar-refractivity contribution in [3.8, 4) is 0 Å². The fourth-order valence-corrected chi connectivity index (χ4v) is 4.95. The standard InChI is InChI=1S/C22H28N4O3S/c1-16-7-4-5-11-25(16)12-6-10-23-22(28)17-14-29-20(24-17)13-26-18-8-2-3-9-19(18)30-15-21(26)27/h2-3,8-9,14,16H,4-7,10-13,15H2,1H3,(H,23,28). The quantitative estimate of drug-likeness (QED) is 0.682. The number of piperidine rings is 1. The first-order valence-electron chi connectivity index (χ1n) is 10.6. The van der Waals surface area contributed by atoms with Crippen LogP contribution < -0.4 is 10.2 Å². The number of amides is 2. The first kappa shape index (κ1) is 20.9. The number of thioether (sulfide) groups is 1. The van der Waals surface area contributed by atoms with Gasteiger partial charge in [-0.1, -0.05) is 18.6 Å². The molecule has 2 amide bonds. The third-order valence-electron chi connectivity index (χ3n) is 5.73. The fourth-order valence-electron chi connectivity index (χ4n) is 4.01. The SMILES string of the molecule is CC1CCCCN1CCCNC(=O)c1coc(CN2C(=O)CSc3ccccc32)n1. The second-order valence-corrected chi connectivity index (χ2v) is 8.87. The molecule has 1 saturated heterocycles. The van der Waals surface area contributed by atoms with Gasteiger partial charge in [-0.25, -0.2) is 4.98 Å². The summed E-state index contributed by atoms with van der Waals surface area (Å²) in [6, 6.07) is 8.41. The van der Waals surface area contributed by atoms with Crippen LogP contribution in [0.4, 0.5) is 5.69 Å². The van der Waals surface area contributed by atoms with E-state index in [2.05, 4.69) is 22.1 Å². The Morgan fingerprint density at radius 1 is 1.33 bits per heavy atom. The van der Waals surface area contributed by atoms with Crippen LogP contribution in [0.25, 0.3) is 0 Å². The van der Waals surface area contributed by atoms with Gasteiger partial charge in [0.25, 0.3) is 5.91 Å². The van der Waals surface area contributed by atoms with Gasteiger partial charge in [-0.3, -0.25) is 9.59 Å². The van der Waals surface area contributed by atoms with Gasteiger partial charge in [0.15, 0.2) is 5.69 Å². The number of benzene rings is 1. The van der Waals surface area contributed by atoms with Crippen molar-refractivity contribution in [2.45, 2.75) is 50.1 Å². The average Bonchev–Trinajstić information content (AvgIpc) is 3.23. The zero-order chi connectivity index (χ0) is 20.9. The van der Waals surface area contributed by atoms with E-state index >= 15 is 0 Å². The predicted molar refractivity (Wildman–Crippen MR) is 117 cm³/mol. The molecule has 1 N–H and O–H groups in total. The minimum atomic E-state index is -0.238. The van der Waals surface area contributed by atoms with Gasteiger partial charge in [-0.2, -0.15) is 0 Å². The van der Waals surface area contributed by atoms with E-state index in [0.717, 1.165) is 30.1 Å². The summed E-state index contributed by atoms with van der Waals surface area (Å²) in [5, 5.41) is 2.92. The summed E-state index contributed by atoms with van der Waals surface area (Å²) in [5.41, 5.74) is 1.11. The monoisotopic (exact) mass is 428 g/mol. The van der Waals surface area contributed by atoms with E-state index in [-0.39, 0.29) is 24.1 Å². The first-order valence-corrected chi connectivity index (χ1v) is 11.6. The topological polar surface area (TPSA) is 78.7 Å². The van der Waals surface area contributed by atoms with Crippen LogP contribution in [0.3, 0.4) is 0 Å². The van der Waals surface area contributed by atoms with Crippen molar-refractivity contribution in [2.24, 2.45) is 0 Å². The lowest BCUT2D eigenvalue weighted by atomic mass is 10.0. The van der Waals surface area contributed by atoms with E-state index in [9.17, 15) is 9.59 Å². The van der Waals surface area contributed by atoms with Gasteiger partial charge < -0.3 is 19.5 Å². The van der Waals surface area contributed by atoms with Crippen molar-refractivity contribution < 1.29 is 14.0 Å². The maximum absolute atomic E-state index is 12.4. The number of fused-ring (bicyclic) bond motifs is 1. The summed E-state index contributed by atoms with van der Waals surface area (Å²) >= 11 is 1.53. The number of rotatable bonds is 7. The number of likely N-dealkylation sites (tertiary alicyclic amines) is 1. The molecule has 0 saturated carbocycles. The second kappa shape index (κ2) is 9.66. The van der Waals surface area contributed by atoms with E-state index in [1.54, 1.807) is 4.90 Å². The molecule has 8 heteroatoms. The van der Waals surface area contributed by atoms with Crippen LogP contribution in [0.15, 0.2) is 39.8 Å². The largest absolute Gasteiger partial charge is 0.446 e. The smallest absolute Gasteiger partial charge is 0.273 e. The Balaban J connectivity index is 1.28. The molecule has 1 fully saturated rings. The highest BCUT2D eigenvalue weighted by Crippen LogP contribution is 2.35. The molecule has 1 aromatic carbocycles. The van der Waals surface area contributed by atoms with Gasteiger partial charge in [-0.05, 0) is 44.9 Å². The number of oxazole rings is 1. The van der Waals surface area contributed by atoms with Gasteiger partial charge in [0.1, 0.15) is 12.8 Å². The van der Waals surface area contributed by atoms with Crippen molar-refractivity contribution in [3.05, 3.63) is 42.1 Å². The van der Waals surface area contributed by atoms with E-state index in [1.165, 1.54) is 37.3 Å². The zero-order valence-corrected chi connectivity index (χ0v) is 18.1. The number of anilines is 1. The summed E-state index contributed by atoms with van der Waals surface area (Å²) in [7, 11) is 0. The van der Waals surface area contributed by atoms with E-state index in [0.29, 0.717) is 24.2 Å². The van der Waals surface area contributed by atoms with Crippen molar-refractivity contribution in [2.75, 3.05) is 30.3 Å². The van der Waals surface area contributed by atoms with Crippen molar-refractivity contribution >= 4 is 29.3 Å². The Bertz CT molecular complexity index is 900. The highest BCUT2D eigenvalue weighted by molar-refractivity contribution is 8.00. The normalized spacial score (nSPS) is 19.6. The number of para-hydroxylation sites is 1. The molecule has 3 heterocycles. The van der Waals surface area contributed by atoms with E-state index in [1.807, 2.05) is 24.3 Å². The first-order chi connectivity index (χ1) is 14.6. The average molecular weight is 429 g/mol. The molecule has 0 aliphatic carbocycles. The van der Waals surface area contributed by atoms with Crippen molar-refractivity contribution in [3.63, 3.8) is 0 Å². The molecule has 1 atom stereocenters. The molecule has 4 rings (SSSR count). The summed E-state index contributed by atoms with van der Waals surface area (Å²) in [4.78, 5) is 34.3. The van der Waals surface area contributed by atoms with Crippen LogP contribution in [-0.2, 0) is 11.3 Å². The predicted octanol–water partition coefficient (Wildman–Crippen LogP) is 3.31. The Hall–Kier alpha value is -2.32. The van der Waals surface area contributed by atoms with Gasteiger partial charge >= 0.3 is 0 Å². The van der Waals surface area contributed by atoms with Gasteiger partial charge in [-0.15, -0.1) is 11.8 Å². The van der Waals surface area contributed by atoms with Crippen LogP contribution in [0.1, 0.15) is 49.0 Å². The molecular formula is C22H28N4O3S. The molecule has 2 aliphatic rings. The molecule has 0 bridgehead atoms. The van der Waals surface area contributed by atoms with Crippen LogP contribution in [-0.4, -0.2) is 53.1 Å². The zero-order valence-electron chi connectivity index (χ0n) is 17.3. The maximum Gasteiger partial charge on any atom is 0.273 e. The lowest BCUT2D eigenvalue weighted by molar-refractivity contribution is -0.116. The minimum Gasteiger partial charge on any atom is -0.446 e. The van der Waals surface area contributed by atoms with Gasteiger partial charge in [0.05, 0.1) is 11.4 Å². The number of carbonyl (C=O) groups excluding carboxylic acids is 2. The Morgan fingerprint density at radius 2 is 2.20 bits per heavy atom. The van der Waals surface area contributed by atoms with E-state index in [4.69, 9.17) is 4.42 Å². The number of carbonyl (C=O) groups is 2. The highest BCUT2D eigenvalue weighted by Gasteiger charge is 2.26. The molecular weight excluding hydrogens is 400 g/mol. The molecule has 7 nitrogen and oxygen atoms in total. The van der Waals surface area contributed by atoms with Crippen molar-refractivity contribution in [1.29, 1.82) is 0 Å². The molecule has 2 aliphatic heterocycles. The Kier molecular flexibility index (Phi) is 6.74. The molecule has 0 radical (unpaired) electrons. The second-order valence-electron chi connectivity index (χ2n) is 7.85. The summed E-state index contributed by atoms with van der Waals surface area (Å²) in [6.07, 6.45) is 6.12. The molecule has 160 valence electrons. The summed E-state index contributed by atoms with van der Waals surface area (Å²) in [5.74, 6) is 0.519. The number of hydrogen-bond donors (Lipinski definition) is 1. The van der Waals surface area contributed by atoms with Crippen LogP contribution in [0, 0.1) is 0 Å². The molecule has 1 aromatic heterocycles. The molecule has 1 unspecified atom stereocenters. The summed E-state index contributed by atoms with van der Waals surface area (Å²) in [6.45, 7) is 5.26. The Morgan fingerprint density at radius 3 is 3.07 bits per heavy atom. The minimum absolute atomic E-state index is 0.00911. The Labute approximate surface area is 181 Å². The van der Waals surface area contributed by atoms with Crippen LogP contribution >= 0.6 is 11.8 Å². The number of aromatic nitrogens is 1. The van der Waals surface area contributed by atoms with Crippen molar-refractivity contribution in [1.82, 2.24) is 15.2 Å². The van der Waals surface area contributed by atoms with Crippen LogP contribution in [0.5, 0.6) is 0 Å². The third kappa shape index (κ3) is 4.87. The van der Waals surface area contributed by atoms with Gasteiger partial charge in [0.2, 0.25) is 11.8 Å². The molecule has 2 aromatic rings. The number of hydrogen-bond acceptors (Lipinski definition) is 6. The highest BCUT2D eigenvalue weighted by atomic mass is 32.2. The van der Waals surface area contributed by atoms with E-state index < -0.39 is 0 Å². The number of nitrogens with zero attached hydrogens (tertiary/aromatic N) is 3. The van der Waals surface area contributed by atoms with Gasteiger partial charge in [0, 0.05) is 24.0 Å². The number of nitrogens with one attached hydrogen (secondary N) is 1. The summed E-state index contributed by atoms with van der Waals surface area (Å²) < 4.78 is 5.49. The molecule has 0 spiro atoms. The lowest BCUT2D eigenvalue weighted by Crippen LogP contribution is -2.39. The van der Waals surface area contributed by atoms with Crippen LogP contribution in [0.2, 0.25) is 0 Å². The third-order valence-corrected chi connectivity index (χ3v) is 6.78.